The summed E-state index contributed by atoms with van der Waals surface area (Å²) >= 11 is 0. The molecule has 14 heteroatoms. The van der Waals surface area contributed by atoms with E-state index in [1.165, 1.54) is 167 Å². The van der Waals surface area contributed by atoms with Crippen LogP contribution in [0.3, 0.4) is 0 Å². The van der Waals surface area contributed by atoms with Gasteiger partial charge in [0.25, 0.3) is 0 Å². The second kappa shape index (κ2) is 48.4. The molecule has 2 heterocycles. The number of aliphatic hydroxyl groups is 8. The zero-order chi connectivity index (χ0) is 56.0. The van der Waals surface area contributed by atoms with Crippen molar-refractivity contribution in [2.45, 2.75) is 312 Å². The molecule has 2 rings (SSSR count). The van der Waals surface area contributed by atoms with Gasteiger partial charge in [0.05, 0.1) is 32.0 Å². The second-order valence-corrected chi connectivity index (χ2v) is 21.8. The standard InChI is InChI=1S/C63H113NO13/c1-3-5-7-9-11-13-15-17-18-19-20-21-22-23-24-25-26-27-28-29-30-31-32-33-35-36-38-40-42-44-46-52(67)51(64-55(68)47-45-43-41-39-37-34-16-14-12-10-8-6-4-2)50-74-62-60(73)58(71)61(54(49-66)76-62)77-63-59(72)57(70)56(69)53(48-65)75-63/h6,8,12,14,34,37,41,43-44,46,51-54,56-63,65-67,69-73H,3-5,7,9-11,13,15-33,35-36,38-40,42,45,47-50H2,1-2H3,(H,64,68)/b8-6-,14-12-,37-34-,43-41-,46-44+. The summed E-state index contributed by atoms with van der Waals surface area (Å²) in [6.07, 6.45) is 46.0. The van der Waals surface area contributed by atoms with Crippen LogP contribution in [0.25, 0.3) is 0 Å². The van der Waals surface area contributed by atoms with Gasteiger partial charge in [-0.1, -0.05) is 248 Å². The van der Waals surface area contributed by atoms with Crippen LogP contribution in [-0.2, 0) is 23.7 Å². The van der Waals surface area contributed by atoms with E-state index in [2.05, 4.69) is 55.6 Å². The quantitative estimate of drug-likeness (QED) is 0.0204. The van der Waals surface area contributed by atoms with Crippen LogP contribution in [0.1, 0.15) is 239 Å². The van der Waals surface area contributed by atoms with Crippen LogP contribution >= 0.6 is 0 Å². The zero-order valence-corrected chi connectivity index (χ0v) is 48.2. The number of rotatable bonds is 49. The summed E-state index contributed by atoms with van der Waals surface area (Å²) in [6.45, 7) is 2.64. The highest BCUT2D eigenvalue weighted by Gasteiger charge is 2.51. The molecule has 77 heavy (non-hydrogen) atoms. The van der Waals surface area contributed by atoms with Crippen LogP contribution in [0, 0.1) is 0 Å². The minimum Gasteiger partial charge on any atom is -0.394 e. The highest BCUT2D eigenvalue weighted by Crippen LogP contribution is 2.30. The molecule has 12 unspecified atom stereocenters. The lowest BCUT2D eigenvalue weighted by atomic mass is 9.97. The van der Waals surface area contributed by atoms with Crippen molar-refractivity contribution in [3.63, 3.8) is 0 Å². The zero-order valence-electron chi connectivity index (χ0n) is 48.2. The summed E-state index contributed by atoms with van der Waals surface area (Å²) in [5, 5.41) is 87.0. The Morgan fingerprint density at radius 3 is 1.35 bits per heavy atom. The van der Waals surface area contributed by atoms with Gasteiger partial charge >= 0.3 is 0 Å². The number of carbonyl (C=O) groups excluding carboxylic acids is 1. The van der Waals surface area contributed by atoms with Gasteiger partial charge in [0.2, 0.25) is 5.91 Å². The fraction of sp³-hybridized carbons (Fsp3) is 0.825. The number of hydrogen-bond acceptors (Lipinski definition) is 13. The molecule has 2 fully saturated rings. The van der Waals surface area contributed by atoms with Crippen LogP contribution in [0.4, 0.5) is 0 Å². The van der Waals surface area contributed by atoms with E-state index in [-0.39, 0.29) is 18.9 Å². The molecule has 0 aromatic carbocycles. The lowest BCUT2D eigenvalue weighted by Gasteiger charge is -2.46. The van der Waals surface area contributed by atoms with Gasteiger partial charge in [-0.2, -0.15) is 0 Å². The van der Waals surface area contributed by atoms with Crippen LogP contribution < -0.4 is 5.32 Å². The molecule has 0 aromatic rings. The highest BCUT2D eigenvalue weighted by molar-refractivity contribution is 5.76. The lowest BCUT2D eigenvalue weighted by molar-refractivity contribution is -0.359. The second-order valence-electron chi connectivity index (χ2n) is 21.8. The molecule has 0 spiro atoms. The van der Waals surface area contributed by atoms with Gasteiger partial charge in [0.15, 0.2) is 12.6 Å². The fourth-order valence-corrected chi connectivity index (χ4v) is 10.0. The molecule has 0 aliphatic carbocycles. The number of carbonyl (C=O) groups is 1. The number of aliphatic hydroxyl groups excluding tert-OH is 8. The van der Waals surface area contributed by atoms with Gasteiger partial charge in [-0.15, -0.1) is 0 Å². The number of amides is 1. The van der Waals surface area contributed by atoms with Gasteiger partial charge in [0.1, 0.15) is 48.8 Å². The molecule has 14 nitrogen and oxygen atoms in total. The predicted molar refractivity (Wildman–Crippen MR) is 309 cm³/mol. The normalized spacial score (nSPS) is 25.1. The summed E-state index contributed by atoms with van der Waals surface area (Å²) < 4.78 is 22.7. The summed E-state index contributed by atoms with van der Waals surface area (Å²) in [7, 11) is 0. The minimum absolute atomic E-state index is 0.158. The third-order valence-corrected chi connectivity index (χ3v) is 15.0. The fourth-order valence-electron chi connectivity index (χ4n) is 10.0. The Labute approximate surface area is 466 Å². The van der Waals surface area contributed by atoms with Gasteiger partial charge in [-0.25, -0.2) is 0 Å². The van der Waals surface area contributed by atoms with Crippen molar-refractivity contribution in [2.75, 3.05) is 19.8 Å². The van der Waals surface area contributed by atoms with Crippen LogP contribution in [0.5, 0.6) is 0 Å². The monoisotopic (exact) mass is 1090 g/mol. The van der Waals surface area contributed by atoms with Crippen LogP contribution in [0.2, 0.25) is 0 Å². The molecule has 9 N–H and O–H groups in total. The Morgan fingerprint density at radius 1 is 0.481 bits per heavy atom. The first-order chi connectivity index (χ1) is 37.6. The topological polar surface area (TPSA) is 228 Å². The Bertz CT molecular complexity index is 1520. The van der Waals surface area contributed by atoms with Crippen LogP contribution in [0.15, 0.2) is 60.8 Å². The van der Waals surface area contributed by atoms with Crippen molar-refractivity contribution in [3.05, 3.63) is 60.8 Å². The first kappa shape index (κ1) is 70.8. The first-order valence-electron chi connectivity index (χ1n) is 31.0. The van der Waals surface area contributed by atoms with Crippen molar-refractivity contribution >= 4 is 5.91 Å². The van der Waals surface area contributed by atoms with Gasteiger partial charge in [0, 0.05) is 6.42 Å². The summed E-state index contributed by atoms with van der Waals surface area (Å²) in [4.78, 5) is 13.2. The lowest BCUT2D eigenvalue weighted by Crippen LogP contribution is -2.65. The summed E-state index contributed by atoms with van der Waals surface area (Å²) in [6, 6.07) is -0.955. The number of unbranched alkanes of at least 4 members (excludes halogenated alkanes) is 28. The average molecular weight is 1090 g/mol. The molecular formula is C63H113NO13. The third kappa shape index (κ3) is 33.9. The molecule has 0 radical (unpaired) electrons. The third-order valence-electron chi connectivity index (χ3n) is 15.0. The van der Waals surface area contributed by atoms with E-state index in [0.717, 1.165) is 44.9 Å². The average Bonchev–Trinajstić information content (AvgIpc) is 3.44. The maximum Gasteiger partial charge on any atom is 0.220 e. The first-order valence-corrected chi connectivity index (χ1v) is 31.0. The molecule has 1 amide bonds. The van der Waals surface area contributed by atoms with Gasteiger partial charge in [-0.05, 0) is 44.9 Å². The Kier molecular flexibility index (Phi) is 44.5. The van der Waals surface area contributed by atoms with Crippen molar-refractivity contribution in [3.8, 4) is 0 Å². The molecule has 2 saturated heterocycles. The van der Waals surface area contributed by atoms with E-state index in [1.807, 2.05) is 18.2 Å². The molecule has 0 bridgehead atoms. The molecular weight excluding hydrogens is 979 g/mol. The minimum atomic E-state index is -1.80. The van der Waals surface area contributed by atoms with E-state index in [0.29, 0.717) is 6.42 Å². The highest BCUT2D eigenvalue weighted by atomic mass is 16.7. The van der Waals surface area contributed by atoms with E-state index >= 15 is 0 Å². The number of hydrogen-bond donors (Lipinski definition) is 9. The van der Waals surface area contributed by atoms with E-state index < -0.39 is 86.8 Å². The summed E-state index contributed by atoms with van der Waals surface area (Å²) in [5.41, 5.74) is 0. The van der Waals surface area contributed by atoms with E-state index in [4.69, 9.17) is 18.9 Å². The SMILES string of the molecule is CC/C=C\C/C=C\C/C=C\C/C=C\CCC(=O)NC(COC1OC(CO)C(OC2OC(CO)C(O)C(O)C2O)C(O)C1O)C(O)/C=C/CCCCCCCCCCCCCCCCCCCCCCCCCCCCCC. The van der Waals surface area contributed by atoms with Crippen LogP contribution in [-0.4, -0.2) is 140 Å². The van der Waals surface area contributed by atoms with E-state index in [9.17, 15) is 45.6 Å². The van der Waals surface area contributed by atoms with Crippen molar-refractivity contribution in [2.24, 2.45) is 0 Å². The number of allylic oxidation sites excluding steroid dienone is 9. The maximum atomic E-state index is 13.2. The molecule has 2 aliphatic heterocycles. The molecule has 12 atom stereocenters. The molecule has 0 aromatic heterocycles. The Hall–Kier alpha value is -2.31. The van der Waals surface area contributed by atoms with Crippen molar-refractivity contribution in [1.29, 1.82) is 0 Å². The molecule has 0 saturated carbocycles. The smallest absolute Gasteiger partial charge is 0.220 e. The predicted octanol–water partition coefficient (Wildman–Crippen LogP) is 10.9. The van der Waals surface area contributed by atoms with Crippen molar-refractivity contribution < 1.29 is 64.6 Å². The number of ether oxygens (including phenoxy) is 4. The molecule has 448 valence electrons. The van der Waals surface area contributed by atoms with Gasteiger partial charge in [-0.3, -0.25) is 4.79 Å². The number of nitrogens with one attached hydrogen (secondary N) is 1. The Balaban J connectivity index is 1.70. The summed E-state index contributed by atoms with van der Waals surface area (Å²) in [5.74, 6) is -0.319. The maximum absolute atomic E-state index is 13.2. The van der Waals surface area contributed by atoms with Crippen molar-refractivity contribution in [1.82, 2.24) is 5.32 Å². The largest absolute Gasteiger partial charge is 0.394 e. The van der Waals surface area contributed by atoms with Gasteiger partial charge < -0.3 is 65.1 Å². The van der Waals surface area contributed by atoms with E-state index in [1.54, 1.807) is 6.08 Å². The Morgan fingerprint density at radius 2 is 0.896 bits per heavy atom. The molecule has 2 aliphatic rings.